The molecule has 1 heterocycles. The fraction of sp³-hybridized carbons (Fsp3) is 0.214. The van der Waals surface area contributed by atoms with Gasteiger partial charge in [0.15, 0.2) is 0 Å². The second-order valence-corrected chi connectivity index (χ2v) is 6.73. The molecule has 0 radical (unpaired) electrons. The zero-order valence-electron chi connectivity index (χ0n) is 11.9. The van der Waals surface area contributed by atoms with E-state index in [-0.39, 0.29) is 28.9 Å². The van der Waals surface area contributed by atoms with Crippen LogP contribution in [0.5, 0.6) is 0 Å². The Hall–Kier alpha value is -1.83. The third kappa shape index (κ3) is 3.88. The van der Waals surface area contributed by atoms with Gasteiger partial charge in [0, 0.05) is 26.3 Å². The molecule has 0 aliphatic heterocycles. The molecule has 0 saturated heterocycles. The molecule has 1 aromatic heterocycles. The van der Waals surface area contributed by atoms with Crippen LogP contribution in [0.1, 0.15) is 10.5 Å². The normalized spacial score (nSPS) is 11.4. The fourth-order valence-electron chi connectivity index (χ4n) is 1.89. The van der Waals surface area contributed by atoms with Crippen LogP contribution in [0.4, 0.5) is 0 Å². The molecule has 6 nitrogen and oxygen atoms in total. The molecule has 0 aliphatic rings. The number of hydrogen-bond donors (Lipinski definition) is 2. The molecule has 1 amide bonds. The molecule has 1 aromatic carbocycles. The van der Waals surface area contributed by atoms with E-state index in [0.29, 0.717) is 5.69 Å². The van der Waals surface area contributed by atoms with Gasteiger partial charge in [-0.15, -0.1) is 0 Å². The van der Waals surface area contributed by atoms with Crippen molar-refractivity contribution in [3.63, 3.8) is 0 Å². The SMILES string of the molecule is Cn1cccc1C(=O)NCCNS(=O)(=O)c1ccccc1Cl. The van der Waals surface area contributed by atoms with Crippen LogP contribution in [0.25, 0.3) is 0 Å². The maximum absolute atomic E-state index is 12.1. The van der Waals surface area contributed by atoms with Crippen molar-refractivity contribution in [3.05, 3.63) is 53.3 Å². The second kappa shape index (κ2) is 6.95. The first-order chi connectivity index (χ1) is 10.4. The van der Waals surface area contributed by atoms with Gasteiger partial charge in [-0.2, -0.15) is 0 Å². The highest BCUT2D eigenvalue weighted by molar-refractivity contribution is 7.89. The third-order valence-electron chi connectivity index (χ3n) is 3.01. The van der Waals surface area contributed by atoms with Crippen molar-refractivity contribution in [3.8, 4) is 0 Å². The van der Waals surface area contributed by atoms with E-state index in [1.165, 1.54) is 12.1 Å². The molecule has 8 heteroatoms. The van der Waals surface area contributed by atoms with Crippen LogP contribution in [-0.2, 0) is 17.1 Å². The Labute approximate surface area is 134 Å². The first-order valence-corrected chi connectivity index (χ1v) is 8.41. The maximum Gasteiger partial charge on any atom is 0.267 e. The molecule has 0 unspecified atom stereocenters. The lowest BCUT2D eigenvalue weighted by atomic mass is 10.4. The van der Waals surface area contributed by atoms with E-state index in [9.17, 15) is 13.2 Å². The topological polar surface area (TPSA) is 80.2 Å². The Morgan fingerprint density at radius 3 is 2.55 bits per heavy atom. The van der Waals surface area contributed by atoms with Crippen LogP contribution in [-0.4, -0.2) is 32.0 Å². The molecular weight excluding hydrogens is 326 g/mol. The van der Waals surface area contributed by atoms with Gasteiger partial charge in [-0.3, -0.25) is 4.79 Å². The fourth-order valence-corrected chi connectivity index (χ4v) is 3.44. The molecule has 0 fully saturated rings. The van der Waals surface area contributed by atoms with Crippen LogP contribution >= 0.6 is 11.6 Å². The highest BCUT2D eigenvalue weighted by atomic mass is 35.5. The van der Waals surface area contributed by atoms with Gasteiger partial charge in [0.05, 0.1) is 5.02 Å². The minimum Gasteiger partial charge on any atom is -0.349 e. The zero-order chi connectivity index (χ0) is 16.2. The number of aryl methyl sites for hydroxylation is 1. The minimum absolute atomic E-state index is 0.0189. The van der Waals surface area contributed by atoms with Crippen LogP contribution in [0, 0.1) is 0 Å². The molecule has 118 valence electrons. The van der Waals surface area contributed by atoms with Gasteiger partial charge in [0.2, 0.25) is 10.0 Å². The number of halogens is 1. The summed E-state index contributed by atoms with van der Waals surface area (Å²) in [5.74, 6) is -0.260. The molecule has 2 aromatic rings. The van der Waals surface area contributed by atoms with Crippen molar-refractivity contribution in [1.82, 2.24) is 14.6 Å². The van der Waals surface area contributed by atoms with Gasteiger partial charge in [-0.1, -0.05) is 23.7 Å². The van der Waals surface area contributed by atoms with Crippen molar-refractivity contribution < 1.29 is 13.2 Å². The molecule has 2 N–H and O–H groups in total. The molecule has 0 aliphatic carbocycles. The van der Waals surface area contributed by atoms with E-state index >= 15 is 0 Å². The van der Waals surface area contributed by atoms with Crippen molar-refractivity contribution in [2.75, 3.05) is 13.1 Å². The van der Waals surface area contributed by atoms with E-state index in [0.717, 1.165) is 0 Å². The number of nitrogens with zero attached hydrogens (tertiary/aromatic N) is 1. The number of nitrogens with one attached hydrogen (secondary N) is 2. The predicted molar refractivity (Wildman–Crippen MR) is 84.4 cm³/mol. The largest absolute Gasteiger partial charge is 0.349 e. The van der Waals surface area contributed by atoms with Gasteiger partial charge in [-0.05, 0) is 24.3 Å². The predicted octanol–water partition coefficient (Wildman–Crippen LogP) is 1.39. The zero-order valence-corrected chi connectivity index (χ0v) is 13.5. The number of amides is 1. The lowest BCUT2D eigenvalue weighted by molar-refractivity contribution is 0.0946. The third-order valence-corrected chi connectivity index (χ3v) is 4.97. The standard InChI is InChI=1S/C14H16ClN3O3S/c1-18-10-4-6-12(18)14(19)16-8-9-17-22(20,21)13-7-3-2-5-11(13)15/h2-7,10,17H,8-9H2,1H3,(H,16,19). The molecule has 0 bridgehead atoms. The highest BCUT2D eigenvalue weighted by Crippen LogP contribution is 2.19. The van der Waals surface area contributed by atoms with E-state index in [4.69, 9.17) is 11.6 Å². The summed E-state index contributed by atoms with van der Waals surface area (Å²) in [5, 5.41) is 2.80. The Bertz CT molecular complexity index is 771. The van der Waals surface area contributed by atoms with E-state index in [2.05, 4.69) is 10.0 Å². The van der Waals surface area contributed by atoms with Gasteiger partial charge < -0.3 is 9.88 Å². The summed E-state index contributed by atoms with van der Waals surface area (Å²) >= 11 is 5.87. The molecule has 0 saturated carbocycles. The van der Waals surface area contributed by atoms with Crippen LogP contribution in [0.15, 0.2) is 47.5 Å². The Morgan fingerprint density at radius 2 is 1.91 bits per heavy atom. The average Bonchev–Trinajstić information content (AvgIpc) is 2.90. The highest BCUT2D eigenvalue weighted by Gasteiger charge is 2.16. The van der Waals surface area contributed by atoms with Crippen LogP contribution in [0.2, 0.25) is 5.02 Å². The van der Waals surface area contributed by atoms with Gasteiger partial charge in [-0.25, -0.2) is 13.1 Å². The maximum atomic E-state index is 12.1. The van der Waals surface area contributed by atoms with Crippen molar-refractivity contribution in [2.45, 2.75) is 4.90 Å². The molecule has 22 heavy (non-hydrogen) atoms. The van der Waals surface area contributed by atoms with Gasteiger partial charge in [0.25, 0.3) is 5.91 Å². The number of hydrogen-bond acceptors (Lipinski definition) is 3. The quantitative estimate of drug-likeness (QED) is 0.779. The average molecular weight is 342 g/mol. The molecule has 2 rings (SSSR count). The number of aromatic nitrogens is 1. The van der Waals surface area contributed by atoms with E-state index in [1.54, 1.807) is 42.1 Å². The molecule has 0 spiro atoms. The summed E-state index contributed by atoms with van der Waals surface area (Å²) in [6.45, 7) is 0.247. The Kier molecular flexibility index (Phi) is 5.23. The van der Waals surface area contributed by atoms with Crippen molar-refractivity contribution >= 4 is 27.5 Å². The summed E-state index contributed by atoms with van der Waals surface area (Å²) in [6.07, 6.45) is 1.76. The van der Waals surface area contributed by atoms with Crippen molar-refractivity contribution in [1.29, 1.82) is 0 Å². The number of rotatable bonds is 6. The van der Waals surface area contributed by atoms with Crippen molar-refractivity contribution in [2.24, 2.45) is 7.05 Å². The summed E-state index contributed by atoms with van der Waals surface area (Å²) in [4.78, 5) is 11.9. The van der Waals surface area contributed by atoms with Gasteiger partial charge >= 0.3 is 0 Å². The van der Waals surface area contributed by atoms with Gasteiger partial charge in [0.1, 0.15) is 10.6 Å². The smallest absolute Gasteiger partial charge is 0.267 e. The van der Waals surface area contributed by atoms with Crippen LogP contribution < -0.4 is 10.0 Å². The summed E-state index contributed by atoms with van der Waals surface area (Å²) in [5.41, 5.74) is 0.508. The number of sulfonamides is 1. The second-order valence-electron chi connectivity index (χ2n) is 4.59. The monoisotopic (exact) mass is 341 g/mol. The number of carbonyl (C=O) groups excluding carboxylic acids is 1. The first-order valence-electron chi connectivity index (χ1n) is 6.55. The molecular formula is C14H16ClN3O3S. The lowest BCUT2D eigenvalue weighted by Gasteiger charge is -2.09. The summed E-state index contributed by atoms with van der Waals surface area (Å²) in [6, 6.07) is 9.62. The number of carbonyl (C=O) groups is 1. The van der Waals surface area contributed by atoms with E-state index in [1.807, 2.05) is 0 Å². The Balaban J connectivity index is 1.88. The summed E-state index contributed by atoms with van der Waals surface area (Å²) < 4.78 is 28.2. The molecule has 0 atom stereocenters. The Morgan fingerprint density at radius 1 is 1.18 bits per heavy atom. The van der Waals surface area contributed by atoms with Crippen LogP contribution in [0.3, 0.4) is 0 Å². The first kappa shape index (κ1) is 16.5. The summed E-state index contributed by atoms with van der Waals surface area (Å²) in [7, 11) is -1.93. The minimum atomic E-state index is -3.69. The van der Waals surface area contributed by atoms with E-state index < -0.39 is 10.0 Å². The number of benzene rings is 1. The lowest BCUT2D eigenvalue weighted by Crippen LogP contribution is -2.35.